The topological polar surface area (TPSA) is 66.5 Å². The maximum atomic E-state index is 12.3. The second kappa shape index (κ2) is 9.20. The number of nitrogens with zero attached hydrogens (tertiary/aromatic N) is 2. The van der Waals surface area contributed by atoms with Crippen LogP contribution >= 0.6 is 0 Å². The summed E-state index contributed by atoms with van der Waals surface area (Å²) in [6.07, 6.45) is 5.10. The van der Waals surface area contributed by atoms with Gasteiger partial charge < -0.3 is 20.3 Å². The Morgan fingerprint density at radius 3 is 2.50 bits per heavy atom. The fraction of sp³-hybridized carbons (Fsp3) is 0.400. The van der Waals surface area contributed by atoms with Crippen LogP contribution in [0.4, 0.5) is 17.1 Å². The first-order valence-electron chi connectivity index (χ1n) is 9.11. The summed E-state index contributed by atoms with van der Waals surface area (Å²) in [5.41, 5.74) is 3.28. The highest BCUT2D eigenvalue weighted by Crippen LogP contribution is 2.22. The number of nitrogens with one attached hydrogen (secondary N) is 2. The molecule has 6 heteroatoms. The van der Waals surface area contributed by atoms with Crippen LogP contribution in [0.15, 0.2) is 42.6 Å². The van der Waals surface area contributed by atoms with Crippen molar-refractivity contribution in [1.82, 2.24) is 4.98 Å². The number of hydrogen-bond acceptors (Lipinski definition) is 5. The number of pyridine rings is 1. The van der Waals surface area contributed by atoms with Gasteiger partial charge in [-0.25, -0.2) is 4.98 Å². The minimum Gasteiger partial charge on any atom is -0.385 e. The highest BCUT2D eigenvalue weighted by molar-refractivity contribution is 6.03. The average molecular weight is 354 g/mol. The quantitative estimate of drug-likeness (QED) is 0.712. The van der Waals surface area contributed by atoms with E-state index in [2.05, 4.69) is 32.7 Å². The minimum atomic E-state index is -0.204. The molecule has 26 heavy (non-hydrogen) atoms. The van der Waals surface area contributed by atoms with E-state index in [0.717, 1.165) is 44.0 Å². The molecule has 1 aromatic heterocycles. The van der Waals surface area contributed by atoms with E-state index < -0.39 is 0 Å². The Kier molecular flexibility index (Phi) is 6.44. The number of hydrogen-bond donors (Lipinski definition) is 2. The van der Waals surface area contributed by atoms with Crippen LogP contribution in [0.5, 0.6) is 0 Å². The number of aromatic nitrogens is 1. The van der Waals surface area contributed by atoms with Crippen LogP contribution in [0.2, 0.25) is 0 Å². The van der Waals surface area contributed by atoms with Crippen LogP contribution in [-0.2, 0) is 4.74 Å². The van der Waals surface area contributed by atoms with Crippen LogP contribution in [0.25, 0.3) is 0 Å². The largest absolute Gasteiger partial charge is 0.385 e. The minimum absolute atomic E-state index is 0.204. The predicted molar refractivity (Wildman–Crippen MR) is 105 cm³/mol. The molecule has 0 aliphatic carbocycles. The summed E-state index contributed by atoms with van der Waals surface area (Å²) in [7, 11) is 1.69. The summed E-state index contributed by atoms with van der Waals surface area (Å²) in [5, 5.41) is 6.15. The molecule has 0 atom stereocenters. The van der Waals surface area contributed by atoms with Crippen molar-refractivity contribution in [3.63, 3.8) is 0 Å². The zero-order valence-corrected chi connectivity index (χ0v) is 15.2. The van der Waals surface area contributed by atoms with E-state index in [1.165, 1.54) is 18.5 Å². The number of anilines is 3. The lowest BCUT2D eigenvalue weighted by Gasteiger charge is -2.17. The lowest BCUT2D eigenvalue weighted by molar-refractivity contribution is 0.102. The molecule has 1 aliphatic rings. The molecule has 138 valence electrons. The molecule has 1 fully saturated rings. The van der Waals surface area contributed by atoms with Gasteiger partial charge in [-0.2, -0.15) is 0 Å². The first kappa shape index (κ1) is 18.2. The van der Waals surface area contributed by atoms with E-state index in [-0.39, 0.29) is 5.91 Å². The second-order valence-corrected chi connectivity index (χ2v) is 6.40. The maximum absolute atomic E-state index is 12.3. The normalized spacial score (nSPS) is 13.7. The molecule has 1 aliphatic heterocycles. The third-order valence-electron chi connectivity index (χ3n) is 4.45. The van der Waals surface area contributed by atoms with E-state index >= 15 is 0 Å². The Labute approximate surface area is 154 Å². The molecule has 0 saturated carbocycles. The molecule has 0 spiro atoms. The zero-order valence-electron chi connectivity index (χ0n) is 15.2. The summed E-state index contributed by atoms with van der Waals surface area (Å²) in [5.74, 6) is -0.204. The number of rotatable bonds is 8. The molecular formula is C20H26N4O2. The number of carbonyl (C=O) groups excluding carboxylic acids is 1. The summed E-state index contributed by atoms with van der Waals surface area (Å²) < 4.78 is 5.01. The molecule has 0 radical (unpaired) electrons. The number of carbonyl (C=O) groups is 1. The van der Waals surface area contributed by atoms with Crippen LogP contribution < -0.4 is 15.5 Å². The molecule has 3 rings (SSSR count). The Bertz CT molecular complexity index is 695. The van der Waals surface area contributed by atoms with E-state index in [0.29, 0.717) is 5.69 Å². The molecular weight excluding hydrogens is 328 g/mol. The smallest absolute Gasteiger partial charge is 0.274 e. The second-order valence-electron chi connectivity index (χ2n) is 6.40. The number of methoxy groups -OCH3 is 1. The average Bonchev–Trinajstić information content (AvgIpc) is 3.21. The van der Waals surface area contributed by atoms with Crippen molar-refractivity contribution in [2.45, 2.75) is 19.3 Å². The summed E-state index contributed by atoms with van der Waals surface area (Å²) in [4.78, 5) is 19.0. The van der Waals surface area contributed by atoms with E-state index in [1.807, 2.05) is 18.2 Å². The van der Waals surface area contributed by atoms with Gasteiger partial charge in [-0.3, -0.25) is 4.79 Å². The molecule has 0 unspecified atom stereocenters. The van der Waals surface area contributed by atoms with Gasteiger partial charge in [-0.15, -0.1) is 0 Å². The van der Waals surface area contributed by atoms with Crippen molar-refractivity contribution in [3.8, 4) is 0 Å². The van der Waals surface area contributed by atoms with E-state index in [9.17, 15) is 4.79 Å². The van der Waals surface area contributed by atoms with Crippen molar-refractivity contribution in [2.24, 2.45) is 0 Å². The molecule has 6 nitrogen and oxygen atoms in total. The molecule has 1 saturated heterocycles. The molecule has 1 aromatic carbocycles. The number of amides is 1. The van der Waals surface area contributed by atoms with Crippen LogP contribution in [0.3, 0.4) is 0 Å². The van der Waals surface area contributed by atoms with Gasteiger partial charge in [0.1, 0.15) is 5.69 Å². The van der Waals surface area contributed by atoms with Crippen LogP contribution in [0, 0.1) is 0 Å². The summed E-state index contributed by atoms with van der Waals surface area (Å²) in [6, 6.07) is 11.6. The monoisotopic (exact) mass is 354 g/mol. The molecule has 2 N–H and O–H groups in total. The molecule has 2 aromatic rings. The van der Waals surface area contributed by atoms with Crippen molar-refractivity contribution < 1.29 is 9.53 Å². The van der Waals surface area contributed by atoms with E-state index in [1.54, 1.807) is 19.4 Å². The third kappa shape index (κ3) is 4.95. The molecule has 0 bridgehead atoms. The van der Waals surface area contributed by atoms with Gasteiger partial charge in [-0.05, 0) is 55.7 Å². The zero-order chi connectivity index (χ0) is 18.2. The SMILES string of the molecule is COCCCNc1ccc(C(=O)Nc2ccc(N3CCCC3)cc2)nc1. The van der Waals surface area contributed by atoms with Gasteiger partial charge >= 0.3 is 0 Å². The van der Waals surface area contributed by atoms with Crippen molar-refractivity contribution in [2.75, 3.05) is 48.9 Å². The molecule has 2 heterocycles. The van der Waals surface area contributed by atoms with Gasteiger partial charge in [0.05, 0.1) is 11.9 Å². The summed E-state index contributed by atoms with van der Waals surface area (Å²) in [6.45, 7) is 3.75. The lowest BCUT2D eigenvalue weighted by Crippen LogP contribution is -2.17. The number of ether oxygens (including phenoxy) is 1. The lowest BCUT2D eigenvalue weighted by atomic mass is 10.2. The Morgan fingerprint density at radius 2 is 1.85 bits per heavy atom. The van der Waals surface area contributed by atoms with Crippen molar-refractivity contribution >= 4 is 23.0 Å². The fourth-order valence-corrected chi connectivity index (χ4v) is 3.01. The summed E-state index contributed by atoms with van der Waals surface area (Å²) >= 11 is 0. The van der Waals surface area contributed by atoms with Crippen molar-refractivity contribution in [3.05, 3.63) is 48.3 Å². The van der Waals surface area contributed by atoms with Gasteiger partial charge in [-0.1, -0.05) is 0 Å². The van der Waals surface area contributed by atoms with Crippen molar-refractivity contribution in [1.29, 1.82) is 0 Å². The Hall–Kier alpha value is -2.60. The van der Waals surface area contributed by atoms with E-state index in [4.69, 9.17) is 4.74 Å². The number of benzene rings is 1. The van der Waals surface area contributed by atoms with Gasteiger partial charge in [0.2, 0.25) is 0 Å². The maximum Gasteiger partial charge on any atom is 0.274 e. The highest BCUT2D eigenvalue weighted by Gasteiger charge is 2.12. The fourth-order valence-electron chi connectivity index (χ4n) is 3.01. The Balaban J connectivity index is 1.52. The predicted octanol–water partition coefficient (Wildman–Crippen LogP) is 3.38. The Morgan fingerprint density at radius 1 is 1.12 bits per heavy atom. The highest BCUT2D eigenvalue weighted by atomic mass is 16.5. The van der Waals surface area contributed by atoms with Gasteiger partial charge in [0.15, 0.2) is 0 Å². The third-order valence-corrected chi connectivity index (χ3v) is 4.45. The molecule has 1 amide bonds. The van der Waals surface area contributed by atoms with Crippen LogP contribution in [-0.4, -0.2) is 44.2 Å². The van der Waals surface area contributed by atoms with Gasteiger partial charge in [0.25, 0.3) is 5.91 Å². The van der Waals surface area contributed by atoms with Crippen LogP contribution in [0.1, 0.15) is 29.8 Å². The first-order chi connectivity index (χ1) is 12.8. The first-order valence-corrected chi connectivity index (χ1v) is 9.11. The standard InChI is InChI=1S/C20H26N4O2/c1-26-14-4-11-21-17-7-10-19(22-15-17)20(25)23-16-5-8-18(9-6-16)24-12-2-3-13-24/h5-10,15,21H,2-4,11-14H2,1H3,(H,23,25). The van der Waals surface area contributed by atoms with Gasteiger partial charge in [0, 0.05) is 44.7 Å².